The minimum atomic E-state index is -0.225. The Morgan fingerprint density at radius 2 is 2.24 bits per heavy atom. The average molecular weight is 291 g/mol. The first-order valence-electron chi connectivity index (χ1n) is 8.78. The van der Waals surface area contributed by atoms with Gasteiger partial charge in [0.15, 0.2) is 0 Å². The molecule has 1 N–H and O–H groups in total. The molecule has 4 nitrogen and oxygen atoms in total. The van der Waals surface area contributed by atoms with Crippen molar-refractivity contribution in [3.8, 4) is 6.07 Å². The first-order valence-corrected chi connectivity index (χ1v) is 8.78. The van der Waals surface area contributed by atoms with Gasteiger partial charge in [-0.1, -0.05) is 13.3 Å². The van der Waals surface area contributed by atoms with Gasteiger partial charge >= 0.3 is 0 Å². The fourth-order valence-corrected chi connectivity index (χ4v) is 4.00. The van der Waals surface area contributed by atoms with E-state index in [4.69, 9.17) is 4.74 Å². The summed E-state index contributed by atoms with van der Waals surface area (Å²) in [5.74, 6) is 0.533. The van der Waals surface area contributed by atoms with Gasteiger partial charge in [0.25, 0.3) is 0 Å². The molecule has 21 heavy (non-hydrogen) atoms. The number of nitriles is 1. The van der Waals surface area contributed by atoms with Crippen molar-refractivity contribution >= 4 is 0 Å². The minimum absolute atomic E-state index is 0.225. The molecule has 3 unspecified atom stereocenters. The van der Waals surface area contributed by atoms with Crippen LogP contribution in [0.1, 0.15) is 51.9 Å². The van der Waals surface area contributed by atoms with Crippen molar-refractivity contribution in [1.82, 2.24) is 10.2 Å². The molecule has 3 rings (SSSR count). The van der Waals surface area contributed by atoms with Gasteiger partial charge in [0.1, 0.15) is 5.54 Å². The zero-order valence-corrected chi connectivity index (χ0v) is 13.3. The summed E-state index contributed by atoms with van der Waals surface area (Å²) >= 11 is 0. The van der Waals surface area contributed by atoms with Gasteiger partial charge in [-0.2, -0.15) is 5.26 Å². The van der Waals surface area contributed by atoms with E-state index in [2.05, 4.69) is 23.2 Å². The van der Waals surface area contributed by atoms with Crippen LogP contribution in [0.5, 0.6) is 0 Å². The van der Waals surface area contributed by atoms with Gasteiger partial charge in [-0.25, -0.2) is 0 Å². The molecular weight excluding hydrogens is 262 g/mol. The zero-order chi connectivity index (χ0) is 14.7. The van der Waals surface area contributed by atoms with Crippen LogP contribution in [0, 0.1) is 17.2 Å². The lowest BCUT2D eigenvalue weighted by molar-refractivity contribution is -0.0314. The Morgan fingerprint density at radius 3 is 2.95 bits per heavy atom. The quantitative estimate of drug-likeness (QED) is 0.816. The Labute approximate surface area is 128 Å². The molecule has 0 aromatic rings. The molecule has 0 radical (unpaired) electrons. The molecule has 3 aliphatic rings. The van der Waals surface area contributed by atoms with Gasteiger partial charge in [0.2, 0.25) is 0 Å². The second-order valence-corrected chi connectivity index (χ2v) is 7.08. The summed E-state index contributed by atoms with van der Waals surface area (Å²) < 4.78 is 5.75. The van der Waals surface area contributed by atoms with Crippen LogP contribution in [-0.2, 0) is 4.74 Å². The molecule has 0 bridgehead atoms. The number of rotatable bonds is 6. The van der Waals surface area contributed by atoms with Crippen LogP contribution in [0.3, 0.4) is 0 Å². The highest BCUT2D eigenvalue weighted by Gasteiger charge is 2.45. The number of hydrogen-bond acceptors (Lipinski definition) is 4. The first kappa shape index (κ1) is 15.3. The Kier molecular flexibility index (Phi) is 4.83. The largest absolute Gasteiger partial charge is 0.376 e. The van der Waals surface area contributed by atoms with Crippen molar-refractivity contribution < 1.29 is 4.74 Å². The molecule has 1 heterocycles. The van der Waals surface area contributed by atoms with Gasteiger partial charge in [-0.3, -0.25) is 10.2 Å². The number of morpholine rings is 1. The topological polar surface area (TPSA) is 48.3 Å². The predicted octanol–water partition coefficient (Wildman–Crippen LogP) is 2.30. The van der Waals surface area contributed by atoms with E-state index in [1.807, 2.05) is 0 Å². The van der Waals surface area contributed by atoms with E-state index >= 15 is 0 Å². The molecule has 3 atom stereocenters. The van der Waals surface area contributed by atoms with Crippen LogP contribution in [0.25, 0.3) is 0 Å². The van der Waals surface area contributed by atoms with Gasteiger partial charge in [0.05, 0.1) is 18.8 Å². The highest BCUT2D eigenvalue weighted by atomic mass is 16.5. The van der Waals surface area contributed by atoms with Crippen molar-refractivity contribution in [3.63, 3.8) is 0 Å². The molecule has 2 saturated carbocycles. The maximum absolute atomic E-state index is 9.73. The predicted molar refractivity (Wildman–Crippen MR) is 82.9 cm³/mol. The summed E-state index contributed by atoms with van der Waals surface area (Å²) in [4.78, 5) is 2.54. The second-order valence-electron chi connectivity index (χ2n) is 7.08. The fourth-order valence-electron chi connectivity index (χ4n) is 4.00. The maximum atomic E-state index is 9.73. The average Bonchev–Trinajstić information content (AvgIpc) is 3.24. The maximum Gasteiger partial charge on any atom is 0.109 e. The summed E-state index contributed by atoms with van der Waals surface area (Å²) in [7, 11) is 0. The lowest BCUT2D eigenvalue weighted by atomic mass is 9.85. The summed E-state index contributed by atoms with van der Waals surface area (Å²) in [5.41, 5.74) is -0.225. The van der Waals surface area contributed by atoms with Gasteiger partial charge in [0, 0.05) is 19.1 Å². The molecule has 4 heteroatoms. The van der Waals surface area contributed by atoms with E-state index in [1.165, 1.54) is 25.7 Å². The third-order valence-electron chi connectivity index (χ3n) is 5.53. The summed E-state index contributed by atoms with van der Waals surface area (Å²) in [5, 5.41) is 13.4. The summed E-state index contributed by atoms with van der Waals surface area (Å²) in [6, 6.07) is 3.28. The minimum Gasteiger partial charge on any atom is -0.376 e. The molecular formula is C17H29N3O. The van der Waals surface area contributed by atoms with E-state index in [0.717, 1.165) is 45.5 Å². The Hall–Kier alpha value is -0.630. The lowest BCUT2D eigenvalue weighted by Gasteiger charge is -2.35. The number of ether oxygens (including phenoxy) is 1. The van der Waals surface area contributed by atoms with Crippen LogP contribution in [0.2, 0.25) is 0 Å². The molecule has 0 spiro atoms. The normalized spacial score (nSPS) is 37.5. The van der Waals surface area contributed by atoms with Crippen LogP contribution in [-0.4, -0.2) is 48.8 Å². The molecule has 0 amide bonds. The van der Waals surface area contributed by atoms with Crippen molar-refractivity contribution in [1.29, 1.82) is 5.26 Å². The van der Waals surface area contributed by atoms with E-state index in [0.29, 0.717) is 18.1 Å². The van der Waals surface area contributed by atoms with E-state index in [-0.39, 0.29) is 5.54 Å². The standard InChI is InChI=1S/C17H29N3O/c1-2-16-12-20(10-11-21-16)9-7-14-4-3-8-17(14,13-18)19-15-5-6-15/h14-16,19H,2-12H2,1H3. The third-order valence-corrected chi connectivity index (χ3v) is 5.53. The van der Waals surface area contributed by atoms with Crippen molar-refractivity contribution in [2.45, 2.75) is 69.6 Å². The smallest absolute Gasteiger partial charge is 0.109 e. The second kappa shape index (κ2) is 6.64. The van der Waals surface area contributed by atoms with E-state index < -0.39 is 0 Å². The van der Waals surface area contributed by atoms with Crippen molar-refractivity contribution in [2.75, 3.05) is 26.2 Å². The lowest BCUT2D eigenvalue weighted by Crippen LogP contribution is -2.49. The molecule has 0 aromatic heterocycles. The van der Waals surface area contributed by atoms with Gasteiger partial charge in [-0.15, -0.1) is 0 Å². The number of nitrogens with one attached hydrogen (secondary N) is 1. The van der Waals surface area contributed by atoms with Crippen molar-refractivity contribution in [3.05, 3.63) is 0 Å². The fraction of sp³-hybridized carbons (Fsp3) is 0.941. The SMILES string of the molecule is CCC1CN(CCC2CCCC2(C#N)NC2CC2)CCO1. The van der Waals surface area contributed by atoms with Crippen LogP contribution >= 0.6 is 0 Å². The van der Waals surface area contributed by atoms with E-state index in [9.17, 15) is 5.26 Å². The molecule has 3 fully saturated rings. The van der Waals surface area contributed by atoms with Gasteiger partial charge in [-0.05, 0) is 51.0 Å². The van der Waals surface area contributed by atoms with Crippen LogP contribution < -0.4 is 5.32 Å². The number of hydrogen-bond donors (Lipinski definition) is 1. The molecule has 118 valence electrons. The summed E-state index contributed by atoms with van der Waals surface area (Å²) in [6.45, 7) is 6.32. The Morgan fingerprint density at radius 1 is 1.38 bits per heavy atom. The molecule has 1 saturated heterocycles. The summed E-state index contributed by atoms with van der Waals surface area (Å²) in [6.07, 6.45) is 8.66. The third kappa shape index (κ3) is 3.59. The molecule has 2 aliphatic carbocycles. The monoisotopic (exact) mass is 291 g/mol. The number of nitrogens with zero attached hydrogens (tertiary/aromatic N) is 2. The molecule has 0 aromatic carbocycles. The molecule has 1 aliphatic heterocycles. The van der Waals surface area contributed by atoms with Gasteiger partial charge < -0.3 is 4.74 Å². The Bertz CT molecular complexity index is 390. The zero-order valence-electron chi connectivity index (χ0n) is 13.3. The first-order chi connectivity index (χ1) is 10.3. The Balaban J connectivity index is 1.52. The van der Waals surface area contributed by atoms with Crippen LogP contribution in [0.4, 0.5) is 0 Å². The van der Waals surface area contributed by atoms with Crippen molar-refractivity contribution in [2.24, 2.45) is 5.92 Å². The van der Waals surface area contributed by atoms with Crippen LogP contribution in [0.15, 0.2) is 0 Å². The highest BCUT2D eigenvalue weighted by molar-refractivity contribution is 5.16. The van der Waals surface area contributed by atoms with E-state index in [1.54, 1.807) is 0 Å². The highest BCUT2D eigenvalue weighted by Crippen LogP contribution is 2.40.